The lowest BCUT2D eigenvalue weighted by Gasteiger charge is -2.15. The zero-order chi connectivity index (χ0) is 11.0. The van der Waals surface area contributed by atoms with Crippen LogP contribution >= 0.6 is 0 Å². The van der Waals surface area contributed by atoms with Crippen LogP contribution < -0.4 is 0 Å². The van der Waals surface area contributed by atoms with E-state index in [2.05, 4.69) is 15.2 Å². The van der Waals surface area contributed by atoms with Gasteiger partial charge in [0.25, 0.3) is 5.82 Å². The lowest BCUT2D eigenvalue weighted by atomic mass is 9.92. The van der Waals surface area contributed by atoms with E-state index in [1.54, 1.807) is 0 Å². The second-order valence-electron chi connectivity index (χ2n) is 4.34. The Bertz CT molecular complexity index is 308. The van der Waals surface area contributed by atoms with Crippen LogP contribution in [0.25, 0.3) is 0 Å². The van der Waals surface area contributed by atoms with Gasteiger partial charge in [-0.25, -0.2) is 4.98 Å². The Labute approximate surface area is 79.7 Å². The van der Waals surface area contributed by atoms with Crippen LogP contribution in [0.3, 0.4) is 0 Å². The molecular weight excluding hydrogens is 195 g/mol. The number of rotatable bonds is 1. The highest BCUT2D eigenvalue weighted by atomic mass is 19.4. The molecule has 14 heavy (non-hydrogen) atoms. The van der Waals surface area contributed by atoms with Gasteiger partial charge >= 0.3 is 6.18 Å². The summed E-state index contributed by atoms with van der Waals surface area (Å²) in [6, 6.07) is 0. The summed E-state index contributed by atoms with van der Waals surface area (Å²) in [4.78, 5) is 3.38. The van der Waals surface area contributed by atoms with E-state index >= 15 is 0 Å². The van der Waals surface area contributed by atoms with Crippen molar-refractivity contribution < 1.29 is 13.2 Å². The Balaban J connectivity index is 2.79. The molecule has 80 valence electrons. The van der Waals surface area contributed by atoms with Crippen LogP contribution in [-0.2, 0) is 12.6 Å². The molecule has 0 aliphatic heterocycles. The first kappa shape index (κ1) is 11.0. The van der Waals surface area contributed by atoms with Gasteiger partial charge in [-0.3, -0.25) is 5.10 Å². The van der Waals surface area contributed by atoms with E-state index in [0.717, 1.165) is 0 Å². The molecular formula is C8H12F3N3. The van der Waals surface area contributed by atoms with E-state index in [1.165, 1.54) is 0 Å². The monoisotopic (exact) mass is 207 g/mol. The topological polar surface area (TPSA) is 41.6 Å². The lowest BCUT2D eigenvalue weighted by Crippen LogP contribution is -2.11. The van der Waals surface area contributed by atoms with Gasteiger partial charge in [-0.05, 0) is 5.41 Å². The zero-order valence-corrected chi connectivity index (χ0v) is 8.24. The highest BCUT2D eigenvalue weighted by molar-refractivity contribution is 4.96. The average molecular weight is 207 g/mol. The number of H-pyrrole nitrogens is 1. The van der Waals surface area contributed by atoms with Gasteiger partial charge in [-0.1, -0.05) is 20.8 Å². The highest BCUT2D eigenvalue weighted by Gasteiger charge is 2.36. The SMILES string of the molecule is CC(C)(C)Cc1nc(C(F)(F)F)n[nH]1. The molecule has 0 fully saturated rings. The number of nitrogens with one attached hydrogen (secondary N) is 1. The fourth-order valence-electron chi connectivity index (χ4n) is 1.00. The second-order valence-corrected chi connectivity index (χ2v) is 4.34. The molecule has 0 saturated heterocycles. The first-order chi connectivity index (χ1) is 6.18. The van der Waals surface area contributed by atoms with Crippen LogP contribution in [0.15, 0.2) is 0 Å². The van der Waals surface area contributed by atoms with Crippen molar-refractivity contribution in [2.75, 3.05) is 0 Å². The summed E-state index contributed by atoms with van der Waals surface area (Å²) in [5, 5.41) is 5.40. The quantitative estimate of drug-likeness (QED) is 0.768. The molecule has 1 aromatic rings. The molecule has 0 saturated carbocycles. The molecule has 0 bridgehead atoms. The number of aromatic nitrogens is 3. The summed E-state index contributed by atoms with van der Waals surface area (Å²) in [6.07, 6.45) is -4.03. The van der Waals surface area contributed by atoms with Gasteiger partial charge in [0.05, 0.1) is 0 Å². The Morgan fingerprint density at radius 1 is 1.21 bits per heavy atom. The van der Waals surface area contributed by atoms with E-state index in [4.69, 9.17) is 0 Å². The number of hydrogen-bond donors (Lipinski definition) is 1. The van der Waals surface area contributed by atoms with Crippen molar-refractivity contribution in [3.05, 3.63) is 11.6 Å². The summed E-state index contributed by atoms with van der Waals surface area (Å²) in [6.45, 7) is 5.76. The molecule has 1 heterocycles. The van der Waals surface area contributed by atoms with Crippen molar-refractivity contribution in [1.29, 1.82) is 0 Å². The molecule has 0 aliphatic rings. The fourth-order valence-corrected chi connectivity index (χ4v) is 1.00. The van der Waals surface area contributed by atoms with Gasteiger partial charge in [-0.15, -0.1) is 5.10 Å². The second kappa shape index (κ2) is 3.25. The Morgan fingerprint density at radius 2 is 1.79 bits per heavy atom. The Morgan fingerprint density at radius 3 is 2.14 bits per heavy atom. The third-order valence-electron chi connectivity index (χ3n) is 1.48. The Hall–Kier alpha value is -1.07. The average Bonchev–Trinajstić information content (AvgIpc) is 2.29. The molecule has 1 rings (SSSR count). The predicted octanol–water partition coefficient (Wildman–Crippen LogP) is 2.41. The first-order valence-corrected chi connectivity index (χ1v) is 4.17. The van der Waals surface area contributed by atoms with Crippen molar-refractivity contribution >= 4 is 0 Å². The number of alkyl halides is 3. The van der Waals surface area contributed by atoms with Gasteiger partial charge in [-0.2, -0.15) is 13.2 Å². The third kappa shape index (κ3) is 3.01. The predicted molar refractivity (Wildman–Crippen MR) is 44.5 cm³/mol. The van der Waals surface area contributed by atoms with Crippen molar-refractivity contribution in [2.24, 2.45) is 5.41 Å². The van der Waals surface area contributed by atoms with E-state index in [1.807, 2.05) is 20.8 Å². The van der Waals surface area contributed by atoms with E-state index in [9.17, 15) is 13.2 Å². The molecule has 0 unspecified atom stereocenters. The summed E-state index contributed by atoms with van der Waals surface area (Å²) < 4.78 is 36.3. The number of aromatic amines is 1. The summed E-state index contributed by atoms with van der Waals surface area (Å²) >= 11 is 0. The van der Waals surface area contributed by atoms with Crippen molar-refractivity contribution in [2.45, 2.75) is 33.4 Å². The van der Waals surface area contributed by atoms with Crippen LogP contribution in [0.2, 0.25) is 0 Å². The first-order valence-electron chi connectivity index (χ1n) is 4.17. The summed E-state index contributed by atoms with van der Waals surface area (Å²) in [7, 11) is 0. The van der Waals surface area contributed by atoms with E-state index < -0.39 is 12.0 Å². The maximum atomic E-state index is 12.1. The van der Waals surface area contributed by atoms with Gasteiger partial charge in [0.1, 0.15) is 5.82 Å². The van der Waals surface area contributed by atoms with Gasteiger partial charge in [0.2, 0.25) is 0 Å². The summed E-state index contributed by atoms with van der Waals surface area (Å²) in [5.41, 5.74) is -0.109. The maximum Gasteiger partial charge on any atom is 0.453 e. The van der Waals surface area contributed by atoms with Crippen LogP contribution in [0.5, 0.6) is 0 Å². The fraction of sp³-hybridized carbons (Fsp3) is 0.750. The van der Waals surface area contributed by atoms with Crippen LogP contribution in [0.1, 0.15) is 32.4 Å². The summed E-state index contributed by atoms with van der Waals surface area (Å²) in [5.74, 6) is -0.832. The molecule has 0 aliphatic carbocycles. The molecule has 0 atom stereocenters. The van der Waals surface area contributed by atoms with Crippen molar-refractivity contribution in [1.82, 2.24) is 15.2 Å². The maximum absolute atomic E-state index is 12.1. The van der Waals surface area contributed by atoms with Crippen LogP contribution in [0.4, 0.5) is 13.2 Å². The van der Waals surface area contributed by atoms with Crippen LogP contribution in [-0.4, -0.2) is 15.2 Å². The molecule has 1 N–H and O–H groups in total. The van der Waals surface area contributed by atoms with Crippen LogP contribution in [0, 0.1) is 5.41 Å². The smallest absolute Gasteiger partial charge is 0.263 e. The standard InChI is InChI=1S/C8H12F3N3/c1-7(2,3)4-5-12-6(14-13-5)8(9,10)11/h4H2,1-3H3,(H,12,13,14). The highest BCUT2D eigenvalue weighted by Crippen LogP contribution is 2.26. The lowest BCUT2D eigenvalue weighted by molar-refractivity contribution is -0.144. The van der Waals surface area contributed by atoms with Crippen molar-refractivity contribution in [3.63, 3.8) is 0 Å². The van der Waals surface area contributed by atoms with Gasteiger partial charge in [0.15, 0.2) is 0 Å². The zero-order valence-electron chi connectivity index (χ0n) is 8.24. The van der Waals surface area contributed by atoms with Gasteiger partial charge in [0, 0.05) is 6.42 Å². The number of hydrogen-bond acceptors (Lipinski definition) is 2. The Kier molecular flexibility index (Phi) is 2.56. The van der Waals surface area contributed by atoms with E-state index in [0.29, 0.717) is 6.42 Å². The minimum atomic E-state index is -4.47. The number of halogens is 3. The van der Waals surface area contributed by atoms with Gasteiger partial charge < -0.3 is 0 Å². The van der Waals surface area contributed by atoms with E-state index in [-0.39, 0.29) is 11.2 Å². The molecule has 3 nitrogen and oxygen atoms in total. The molecule has 0 amide bonds. The number of nitrogens with zero attached hydrogens (tertiary/aromatic N) is 2. The third-order valence-corrected chi connectivity index (χ3v) is 1.48. The minimum Gasteiger partial charge on any atom is -0.263 e. The van der Waals surface area contributed by atoms with Crippen molar-refractivity contribution in [3.8, 4) is 0 Å². The molecule has 0 spiro atoms. The molecule has 0 radical (unpaired) electrons. The molecule has 1 aromatic heterocycles. The normalized spacial score (nSPS) is 13.3. The molecule has 6 heteroatoms. The minimum absolute atomic E-state index is 0.109. The largest absolute Gasteiger partial charge is 0.453 e. The molecule has 0 aromatic carbocycles.